The summed E-state index contributed by atoms with van der Waals surface area (Å²) in [5.74, 6) is 1.60. The Morgan fingerprint density at radius 3 is 2.15 bits per heavy atom. The third-order valence-corrected chi connectivity index (χ3v) is 6.34. The van der Waals surface area contributed by atoms with Gasteiger partial charge < -0.3 is 14.5 Å². The molecule has 1 aliphatic rings. The van der Waals surface area contributed by atoms with Gasteiger partial charge in [-0.1, -0.05) is 17.7 Å². The Labute approximate surface area is 166 Å². The molecule has 0 N–H and O–H groups in total. The monoisotopic (exact) mass is 384 g/mol. The molecule has 1 aliphatic heterocycles. The van der Waals surface area contributed by atoms with E-state index in [-0.39, 0.29) is 5.91 Å². The summed E-state index contributed by atoms with van der Waals surface area (Å²) in [7, 11) is 1.68. The van der Waals surface area contributed by atoms with Crippen molar-refractivity contribution >= 4 is 23.4 Å². The summed E-state index contributed by atoms with van der Waals surface area (Å²) in [6.07, 6.45) is 0. The Balaban J connectivity index is 1.52. The van der Waals surface area contributed by atoms with Crippen molar-refractivity contribution in [2.24, 2.45) is 0 Å². The molecule has 2 aromatic rings. The molecule has 3 rings (SSSR count). The van der Waals surface area contributed by atoms with Gasteiger partial charge in [-0.3, -0.25) is 4.79 Å². The number of ether oxygens (including phenoxy) is 1. The Hall–Kier alpha value is -2.14. The predicted octanol–water partition coefficient (Wildman–Crippen LogP) is 4.06. The van der Waals surface area contributed by atoms with E-state index in [1.807, 2.05) is 17.0 Å². The van der Waals surface area contributed by atoms with Crippen LogP contribution in [0.1, 0.15) is 16.7 Å². The van der Waals surface area contributed by atoms with Crippen molar-refractivity contribution < 1.29 is 9.53 Å². The van der Waals surface area contributed by atoms with Crippen LogP contribution in [0.25, 0.3) is 0 Å². The number of nitrogens with zero attached hydrogens (tertiary/aromatic N) is 2. The van der Waals surface area contributed by atoms with E-state index in [1.165, 1.54) is 27.3 Å². The fourth-order valence-electron chi connectivity index (χ4n) is 3.63. The normalized spacial score (nSPS) is 14.4. The second-order valence-corrected chi connectivity index (χ2v) is 8.07. The SMILES string of the molecule is COc1ccc(N2CCN(C(=O)CSc3c(C)cc(C)cc3C)CC2)cc1. The molecule has 0 aliphatic carbocycles. The minimum Gasteiger partial charge on any atom is -0.497 e. The molecule has 5 heteroatoms. The lowest BCUT2D eigenvalue weighted by atomic mass is 10.1. The van der Waals surface area contributed by atoms with E-state index in [0.717, 1.165) is 31.9 Å². The maximum absolute atomic E-state index is 12.7. The van der Waals surface area contributed by atoms with Gasteiger partial charge in [0.15, 0.2) is 0 Å². The number of methoxy groups -OCH3 is 1. The molecule has 144 valence electrons. The van der Waals surface area contributed by atoms with Crippen LogP contribution < -0.4 is 9.64 Å². The molecular weight excluding hydrogens is 356 g/mol. The number of aryl methyl sites for hydroxylation is 3. The molecule has 1 heterocycles. The van der Waals surface area contributed by atoms with Crippen molar-refractivity contribution in [2.45, 2.75) is 25.7 Å². The molecule has 0 saturated carbocycles. The molecule has 0 radical (unpaired) electrons. The van der Waals surface area contributed by atoms with E-state index < -0.39 is 0 Å². The third-order valence-electron chi connectivity index (χ3n) is 5.01. The first-order valence-corrected chi connectivity index (χ1v) is 10.3. The summed E-state index contributed by atoms with van der Waals surface area (Å²) in [5, 5.41) is 0. The molecule has 4 nitrogen and oxygen atoms in total. The van der Waals surface area contributed by atoms with Crippen LogP contribution in [0.5, 0.6) is 5.75 Å². The minimum atomic E-state index is 0.230. The number of benzene rings is 2. The van der Waals surface area contributed by atoms with Crippen molar-refractivity contribution in [1.29, 1.82) is 0 Å². The fourth-order valence-corrected chi connectivity index (χ4v) is 4.65. The van der Waals surface area contributed by atoms with Crippen molar-refractivity contribution in [3.8, 4) is 5.75 Å². The maximum Gasteiger partial charge on any atom is 0.233 e. The van der Waals surface area contributed by atoms with Crippen LogP contribution in [-0.4, -0.2) is 49.8 Å². The van der Waals surface area contributed by atoms with Gasteiger partial charge in [-0.05, 0) is 56.2 Å². The van der Waals surface area contributed by atoms with Gasteiger partial charge in [0.2, 0.25) is 5.91 Å². The highest BCUT2D eigenvalue weighted by Gasteiger charge is 2.21. The first-order chi connectivity index (χ1) is 13.0. The molecule has 1 saturated heterocycles. The highest BCUT2D eigenvalue weighted by Crippen LogP contribution is 2.28. The largest absolute Gasteiger partial charge is 0.497 e. The first kappa shape index (κ1) is 19.6. The van der Waals surface area contributed by atoms with Gasteiger partial charge in [0.25, 0.3) is 0 Å². The third kappa shape index (κ3) is 4.78. The Kier molecular flexibility index (Phi) is 6.32. The number of piperazine rings is 1. The molecule has 1 amide bonds. The lowest BCUT2D eigenvalue weighted by molar-refractivity contribution is -0.128. The van der Waals surface area contributed by atoms with Gasteiger partial charge in [-0.2, -0.15) is 0 Å². The van der Waals surface area contributed by atoms with Crippen LogP contribution in [0.2, 0.25) is 0 Å². The zero-order chi connectivity index (χ0) is 19.4. The van der Waals surface area contributed by atoms with Crippen LogP contribution in [-0.2, 0) is 4.79 Å². The van der Waals surface area contributed by atoms with Crippen molar-refractivity contribution in [2.75, 3.05) is 43.9 Å². The Morgan fingerprint density at radius 2 is 1.59 bits per heavy atom. The molecule has 2 aromatic carbocycles. The van der Waals surface area contributed by atoms with Crippen molar-refractivity contribution in [3.05, 3.63) is 53.1 Å². The van der Waals surface area contributed by atoms with Gasteiger partial charge in [0.1, 0.15) is 5.75 Å². The van der Waals surface area contributed by atoms with E-state index in [0.29, 0.717) is 5.75 Å². The molecule has 1 fully saturated rings. The molecule has 0 atom stereocenters. The van der Waals surface area contributed by atoms with Crippen LogP contribution in [0.4, 0.5) is 5.69 Å². The maximum atomic E-state index is 12.7. The lowest BCUT2D eigenvalue weighted by Crippen LogP contribution is -2.49. The number of hydrogen-bond donors (Lipinski definition) is 0. The first-order valence-electron chi connectivity index (χ1n) is 9.35. The second kappa shape index (κ2) is 8.70. The van der Waals surface area contributed by atoms with E-state index in [4.69, 9.17) is 4.74 Å². The molecule has 0 bridgehead atoms. The van der Waals surface area contributed by atoms with Gasteiger partial charge in [-0.15, -0.1) is 11.8 Å². The van der Waals surface area contributed by atoms with Gasteiger partial charge in [-0.25, -0.2) is 0 Å². The number of anilines is 1. The van der Waals surface area contributed by atoms with Gasteiger partial charge >= 0.3 is 0 Å². The summed E-state index contributed by atoms with van der Waals surface area (Å²) in [4.78, 5) is 18.2. The average molecular weight is 385 g/mol. The number of amides is 1. The standard InChI is InChI=1S/C22H28N2O2S/c1-16-13-17(2)22(18(3)14-16)27-15-21(25)24-11-9-23(10-12-24)19-5-7-20(26-4)8-6-19/h5-8,13-14H,9-12,15H2,1-4H3. The summed E-state index contributed by atoms with van der Waals surface area (Å²) in [5.41, 5.74) is 4.97. The van der Waals surface area contributed by atoms with Crippen molar-refractivity contribution in [1.82, 2.24) is 4.90 Å². The predicted molar refractivity (Wildman–Crippen MR) is 113 cm³/mol. The number of hydrogen-bond acceptors (Lipinski definition) is 4. The summed E-state index contributed by atoms with van der Waals surface area (Å²) < 4.78 is 5.22. The highest BCUT2D eigenvalue weighted by molar-refractivity contribution is 8.00. The molecule has 0 spiro atoms. The number of thioether (sulfide) groups is 1. The van der Waals surface area contributed by atoms with Crippen LogP contribution in [0, 0.1) is 20.8 Å². The summed E-state index contributed by atoms with van der Waals surface area (Å²) in [6, 6.07) is 12.5. The molecule has 0 aromatic heterocycles. The second-order valence-electron chi connectivity index (χ2n) is 7.08. The number of carbonyl (C=O) groups is 1. The fraction of sp³-hybridized carbons (Fsp3) is 0.409. The number of rotatable bonds is 5. The van der Waals surface area contributed by atoms with Crippen LogP contribution >= 0.6 is 11.8 Å². The topological polar surface area (TPSA) is 32.8 Å². The van der Waals surface area contributed by atoms with E-state index in [2.05, 4.69) is 49.9 Å². The molecular formula is C22H28N2O2S. The summed E-state index contributed by atoms with van der Waals surface area (Å²) >= 11 is 1.67. The Bertz CT molecular complexity index is 773. The highest BCUT2D eigenvalue weighted by atomic mass is 32.2. The van der Waals surface area contributed by atoms with E-state index in [9.17, 15) is 4.79 Å². The van der Waals surface area contributed by atoms with Gasteiger partial charge in [0, 0.05) is 36.8 Å². The van der Waals surface area contributed by atoms with Crippen LogP contribution in [0.15, 0.2) is 41.3 Å². The lowest BCUT2D eigenvalue weighted by Gasteiger charge is -2.36. The minimum absolute atomic E-state index is 0.230. The Morgan fingerprint density at radius 1 is 1.00 bits per heavy atom. The molecule has 27 heavy (non-hydrogen) atoms. The zero-order valence-electron chi connectivity index (χ0n) is 16.6. The summed E-state index contributed by atoms with van der Waals surface area (Å²) in [6.45, 7) is 9.65. The smallest absolute Gasteiger partial charge is 0.233 e. The van der Waals surface area contributed by atoms with E-state index >= 15 is 0 Å². The van der Waals surface area contributed by atoms with Gasteiger partial charge in [0.05, 0.1) is 12.9 Å². The zero-order valence-corrected chi connectivity index (χ0v) is 17.4. The quantitative estimate of drug-likeness (QED) is 0.728. The molecule has 0 unspecified atom stereocenters. The average Bonchev–Trinajstić information content (AvgIpc) is 2.67. The van der Waals surface area contributed by atoms with Crippen molar-refractivity contribution in [3.63, 3.8) is 0 Å². The number of carbonyl (C=O) groups excluding carboxylic acids is 1. The van der Waals surface area contributed by atoms with Crippen LogP contribution in [0.3, 0.4) is 0 Å². The van der Waals surface area contributed by atoms with E-state index in [1.54, 1.807) is 18.9 Å².